The molecule has 0 aliphatic carbocycles. The summed E-state index contributed by atoms with van der Waals surface area (Å²) in [7, 11) is 2.97. The van der Waals surface area contributed by atoms with Crippen LogP contribution in [0, 0.1) is 13.8 Å². The zero-order valence-electron chi connectivity index (χ0n) is 23.7. The minimum atomic E-state index is -1.15. The highest BCUT2D eigenvalue weighted by atomic mass is 16.5. The number of carboxylic acid groups (broad SMARTS) is 2. The molecule has 5 rings (SSSR count). The van der Waals surface area contributed by atoms with Crippen LogP contribution in [0.5, 0.6) is 11.5 Å². The summed E-state index contributed by atoms with van der Waals surface area (Å²) in [5.41, 5.74) is 1.35. The zero-order chi connectivity index (χ0) is 31.0. The van der Waals surface area contributed by atoms with E-state index in [1.165, 1.54) is 60.0 Å². The number of hydrogen-bond donors (Lipinski definition) is 4. The molecule has 0 spiro atoms. The van der Waals surface area contributed by atoms with E-state index < -0.39 is 29.0 Å². The molecule has 0 aliphatic rings. The van der Waals surface area contributed by atoms with Crippen LogP contribution in [0.4, 0.5) is 0 Å². The van der Waals surface area contributed by atoms with Crippen LogP contribution in [0.3, 0.4) is 0 Å². The third kappa shape index (κ3) is 5.10. The molecule has 0 aliphatic heterocycles. The lowest BCUT2D eigenvalue weighted by atomic mass is 9.84. The van der Waals surface area contributed by atoms with E-state index in [1.54, 1.807) is 44.2 Å². The highest BCUT2D eigenvalue weighted by Gasteiger charge is 2.33. The van der Waals surface area contributed by atoms with Crippen LogP contribution in [0.2, 0.25) is 0 Å². The molecule has 12 heteroatoms. The van der Waals surface area contributed by atoms with Crippen molar-refractivity contribution >= 4 is 11.9 Å². The fraction of sp³-hybridized carbons (Fsp3) is 0.161. The molecule has 0 bridgehead atoms. The fourth-order valence-corrected chi connectivity index (χ4v) is 5.24. The smallest absolute Gasteiger partial charge is 0.335 e. The second-order valence-corrected chi connectivity index (χ2v) is 9.83. The lowest BCUT2D eigenvalue weighted by molar-refractivity contribution is 0.0686. The van der Waals surface area contributed by atoms with Gasteiger partial charge in [-0.15, -0.1) is 0 Å². The Morgan fingerprint density at radius 3 is 1.63 bits per heavy atom. The summed E-state index contributed by atoms with van der Waals surface area (Å²) in [4.78, 5) is 51.5. The summed E-state index contributed by atoms with van der Waals surface area (Å²) in [6.07, 6.45) is 0. The average molecular weight is 585 g/mol. The maximum atomic E-state index is 14.2. The van der Waals surface area contributed by atoms with Gasteiger partial charge in [-0.3, -0.25) is 19.8 Å². The molecule has 220 valence electrons. The number of nitrogens with zero attached hydrogens (tertiary/aromatic N) is 2. The molecule has 12 nitrogen and oxygen atoms in total. The fourth-order valence-electron chi connectivity index (χ4n) is 5.24. The molecular weight excluding hydrogens is 556 g/mol. The van der Waals surface area contributed by atoms with E-state index in [4.69, 9.17) is 9.47 Å². The number of benzene rings is 3. The second-order valence-electron chi connectivity index (χ2n) is 9.83. The number of nitrogens with one attached hydrogen (secondary N) is 2. The normalized spacial score (nSPS) is 11.1. The van der Waals surface area contributed by atoms with E-state index in [-0.39, 0.29) is 22.3 Å². The van der Waals surface area contributed by atoms with Gasteiger partial charge in [-0.2, -0.15) is 0 Å². The topological polar surface area (TPSA) is 169 Å². The number of carboxylic acids is 2. The number of aromatic carboxylic acids is 2. The molecule has 0 amide bonds. The van der Waals surface area contributed by atoms with E-state index in [1.807, 2.05) is 0 Å². The summed E-state index contributed by atoms with van der Waals surface area (Å²) in [6.45, 7) is 3.37. The molecule has 0 atom stereocenters. The highest BCUT2D eigenvalue weighted by molar-refractivity contribution is 5.88. The van der Waals surface area contributed by atoms with Gasteiger partial charge in [0.15, 0.2) is 0 Å². The van der Waals surface area contributed by atoms with Crippen molar-refractivity contribution in [3.63, 3.8) is 0 Å². The maximum absolute atomic E-state index is 14.2. The molecule has 0 saturated heterocycles. The van der Waals surface area contributed by atoms with Gasteiger partial charge in [0.25, 0.3) is 11.1 Å². The predicted octanol–water partition coefficient (Wildman–Crippen LogP) is 3.86. The molecule has 43 heavy (non-hydrogen) atoms. The van der Waals surface area contributed by atoms with Crippen molar-refractivity contribution < 1.29 is 29.3 Å². The number of methoxy groups -OCH3 is 2. The van der Waals surface area contributed by atoms with Crippen molar-refractivity contribution in [3.05, 3.63) is 127 Å². The number of ether oxygens (including phenoxy) is 2. The zero-order valence-corrected chi connectivity index (χ0v) is 23.7. The van der Waals surface area contributed by atoms with Crippen molar-refractivity contribution in [1.29, 1.82) is 0 Å². The Kier molecular flexibility index (Phi) is 7.51. The summed E-state index contributed by atoms with van der Waals surface area (Å²) in [6, 6.07) is 16.9. The van der Waals surface area contributed by atoms with Crippen LogP contribution in [0.1, 0.15) is 54.7 Å². The maximum Gasteiger partial charge on any atom is 0.335 e. The molecule has 2 aromatic heterocycles. The van der Waals surface area contributed by atoms with Crippen LogP contribution in [0.25, 0.3) is 11.4 Å². The Labute approximate surface area is 244 Å². The Morgan fingerprint density at radius 1 is 0.721 bits per heavy atom. The summed E-state index contributed by atoms with van der Waals surface area (Å²) in [5, 5.41) is 25.0. The van der Waals surface area contributed by atoms with E-state index in [2.05, 4.69) is 10.2 Å². The number of aromatic amines is 2. The van der Waals surface area contributed by atoms with Crippen LogP contribution in [-0.4, -0.2) is 55.9 Å². The first kappa shape index (κ1) is 28.7. The first-order chi connectivity index (χ1) is 20.5. The van der Waals surface area contributed by atoms with Gasteiger partial charge in [-0.1, -0.05) is 12.1 Å². The average Bonchev–Trinajstić information content (AvgIpc) is 3.47. The van der Waals surface area contributed by atoms with E-state index in [0.717, 1.165) is 0 Å². The van der Waals surface area contributed by atoms with Crippen molar-refractivity contribution in [2.24, 2.45) is 0 Å². The molecule has 2 heterocycles. The molecule has 4 N–H and O–H groups in total. The number of carbonyl (C=O) groups is 2. The quantitative estimate of drug-likeness (QED) is 0.203. The number of hydrogen-bond acceptors (Lipinski definition) is 6. The molecule has 0 unspecified atom stereocenters. The largest absolute Gasteiger partial charge is 0.497 e. The van der Waals surface area contributed by atoms with Crippen LogP contribution in [-0.2, 0) is 0 Å². The number of aromatic nitrogens is 4. The Hall–Kier alpha value is -5.78. The van der Waals surface area contributed by atoms with E-state index in [9.17, 15) is 29.4 Å². The summed E-state index contributed by atoms with van der Waals surface area (Å²) >= 11 is 0. The van der Waals surface area contributed by atoms with Gasteiger partial charge in [0.2, 0.25) is 0 Å². The van der Waals surface area contributed by atoms with Crippen molar-refractivity contribution in [2.45, 2.75) is 19.8 Å². The third-order valence-corrected chi connectivity index (χ3v) is 7.26. The first-order valence-electron chi connectivity index (χ1n) is 13.1. The standard InChI is InChI=1S/C31H28N4O8/c1-16-25(28(36)34(32-16)20-9-5-7-18(13-20)30(38)39)27(23-15-22(42-3)11-12-24(23)43-4)26-17(2)33-35(29(26)37)21-10-6-8-19(14-21)31(40)41/h5-15,27,32-33H,1-4H3,(H,38,39)(H,40,41). The van der Waals surface area contributed by atoms with Crippen LogP contribution >= 0.6 is 0 Å². The molecule has 3 aromatic carbocycles. The van der Waals surface area contributed by atoms with Gasteiger partial charge in [0.1, 0.15) is 11.5 Å². The predicted molar refractivity (Wildman–Crippen MR) is 157 cm³/mol. The molecule has 0 fully saturated rings. The minimum Gasteiger partial charge on any atom is -0.497 e. The number of rotatable bonds is 9. The van der Waals surface area contributed by atoms with Gasteiger partial charge < -0.3 is 19.7 Å². The number of aryl methyl sites for hydroxylation is 2. The first-order valence-corrected chi connectivity index (χ1v) is 13.1. The number of H-pyrrole nitrogens is 2. The van der Waals surface area contributed by atoms with Crippen LogP contribution < -0.4 is 20.6 Å². The monoisotopic (exact) mass is 584 g/mol. The van der Waals surface area contributed by atoms with Crippen molar-refractivity contribution in [1.82, 2.24) is 19.6 Å². The summed E-state index contributed by atoms with van der Waals surface area (Å²) in [5.74, 6) is -2.41. The van der Waals surface area contributed by atoms with Gasteiger partial charge in [-0.05, 0) is 68.4 Å². The SMILES string of the molecule is COc1ccc(OC)c(C(c2c(C)[nH]n(-c3cccc(C(=O)O)c3)c2=O)c2c(C)[nH]n(-c3cccc(C(=O)O)c3)c2=O)c1. The second kappa shape index (κ2) is 11.2. The van der Waals surface area contributed by atoms with Gasteiger partial charge in [0, 0.05) is 17.0 Å². The highest BCUT2D eigenvalue weighted by Crippen LogP contribution is 2.39. The summed E-state index contributed by atoms with van der Waals surface area (Å²) < 4.78 is 13.6. The Balaban J connectivity index is 1.81. The molecule has 0 saturated carbocycles. The molecule has 5 aromatic rings. The van der Waals surface area contributed by atoms with Gasteiger partial charge in [-0.25, -0.2) is 19.0 Å². The van der Waals surface area contributed by atoms with E-state index >= 15 is 0 Å². The van der Waals surface area contributed by atoms with Crippen molar-refractivity contribution in [3.8, 4) is 22.9 Å². The Morgan fingerprint density at radius 2 is 1.21 bits per heavy atom. The lowest BCUT2D eigenvalue weighted by Gasteiger charge is -2.19. The van der Waals surface area contributed by atoms with Gasteiger partial charge in [0.05, 0.1) is 53.8 Å². The van der Waals surface area contributed by atoms with E-state index in [0.29, 0.717) is 39.8 Å². The lowest BCUT2D eigenvalue weighted by Crippen LogP contribution is -2.26. The molecular formula is C31H28N4O8. The minimum absolute atomic E-state index is 0.00262. The molecule has 0 radical (unpaired) electrons. The van der Waals surface area contributed by atoms with Crippen LogP contribution in [0.15, 0.2) is 76.3 Å². The van der Waals surface area contributed by atoms with Gasteiger partial charge >= 0.3 is 11.9 Å². The Bertz CT molecular complexity index is 1880. The third-order valence-electron chi connectivity index (χ3n) is 7.26. The van der Waals surface area contributed by atoms with Crippen molar-refractivity contribution in [2.75, 3.05) is 14.2 Å².